The molecule has 3 rings (SSSR count). The van der Waals surface area contributed by atoms with Gasteiger partial charge >= 0.3 is 0 Å². The van der Waals surface area contributed by atoms with E-state index in [1.54, 1.807) is 0 Å². The number of hydrogen-bond donors (Lipinski definition) is 0. The van der Waals surface area contributed by atoms with Gasteiger partial charge in [0.2, 0.25) is 11.8 Å². The van der Waals surface area contributed by atoms with Crippen LogP contribution in [-0.4, -0.2) is 71.8 Å². The van der Waals surface area contributed by atoms with Gasteiger partial charge in [0.25, 0.3) is 0 Å². The molecule has 0 saturated carbocycles. The zero-order valence-electron chi connectivity index (χ0n) is 18.7. The first-order valence-electron chi connectivity index (χ1n) is 12.5. The molecule has 0 aliphatic carbocycles. The van der Waals surface area contributed by atoms with Crippen molar-refractivity contribution in [1.29, 1.82) is 0 Å². The number of unbranched alkanes of at least 4 members (excludes halogenated alkanes) is 4. The summed E-state index contributed by atoms with van der Waals surface area (Å²) in [5.41, 5.74) is 0. The summed E-state index contributed by atoms with van der Waals surface area (Å²) in [4.78, 5) is 32.0. The molecule has 5 nitrogen and oxygen atoms in total. The highest BCUT2D eigenvalue weighted by atomic mass is 16.2. The normalized spacial score (nSPS) is 22.8. The Balaban J connectivity index is 1.32. The molecular formula is C24H43N3O2. The third kappa shape index (κ3) is 6.70. The molecule has 3 saturated heterocycles. The van der Waals surface area contributed by atoms with Crippen molar-refractivity contribution in [2.24, 2.45) is 5.92 Å². The Hall–Kier alpha value is -1.10. The molecule has 3 heterocycles. The van der Waals surface area contributed by atoms with Gasteiger partial charge in [0.05, 0.1) is 0 Å². The monoisotopic (exact) mass is 405 g/mol. The Labute approximate surface area is 178 Å². The SMILES string of the molecule is CCCCCCCC(=O)N1CCC(N2CCC(C(=O)N3CCCCC3)CC2)CC1. The summed E-state index contributed by atoms with van der Waals surface area (Å²) in [6, 6.07) is 0.606. The quantitative estimate of drug-likeness (QED) is 0.572. The van der Waals surface area contributed by atoms with E-state index in [9.17, 15) is 9.59 Å². The highest BCUT2D eigenvalue weighted by Crippen LogP contribution is 2.26. The Kier molecular flexibility index (Phi) is 9.29. The number of nitrogens with zero attached hydrogens (tertiary/aromatic N) is 3. The lowest BCUT2D eigenvalue weighted by molar-refractivity contribution is -0.139. The zero-order valence-corrected chi connectivity index (χ0v) is 18.7. The molecule has 2 amide bonds. The van der Waals surface area contributed by atoms with Crippen LogP contribution < -0.4 is 0 Å². The summed E-state index contributed by atoms with van der Waals surface area (Å²) in [5, 5.41) is 0. The van der Waals surface area contributed by atoms with Crippen LogP contribution in [0.2, 0.25) is 0 Å². The standard InChI is InChI=1S/C24H43N3O2/c1-2-3-4-5-7-10-23(28)26-19-13-22(14-20-26)25-17-11-21(12-18-25)24(29)27-15-8-6-9-16-27/h21-22H,2-20H2,1H3. The van der Waals surface area contributed by atoms with Crippen molar-refractivity contribution in [1.82, 2.24) is 14.7 Å². The first kappa shape index (κ1) is 22.6. The Morgan fingerprint density at radius 2 is 1.38 bits per heavy atom. The minimum atomic E-state index is 0.249. The molecule has 3 aliphatic heterocycles. The minimum Gasteiger partial charge on any atom is -0.343 e. The van der Waals surface area contributed by atoms with Crippen molar-refractivity contribution in [3.05, 3.63) is 0 Å². The summed E-state index contributed by atoms with van der Waals surface area (Å²) in [5.74, 6) is 1.04. The summed E-state index contributed by atoms with van der Waals surface area (Å²) >= 11 is 0. The van der Waals surface area contributed by atoms with Crippen molar-refractivity contribution < 1.29 is 9.59 Å². The number of rotatable bonds is 8. The van der Waals surface area contributed by atoms with Crippen LogP contribution in [0, 0.1) is 5.92 Å². The van der Waals surface area contributed by atoms with Crippen molar-refractivity contribution >= 4 is 11.8 Å². The lowest BCUT2D eigenvalue weighted by atomic mass is 9.91. The van der Waals surface area contributed by atoms with Gasteiger partial charge in [-0.3, -0.25) is 9.59 Å². The van der Waals surface area contributed by atoms with E-state index in [1.165, 1.54) is 44.9 Å². The fourth-order valence-electron chi connectivity index (χ4n) is 5.40. The average molecular weight is 406 g/mol. The number of carbonyl (C=O) groups excluding carboxylic acids is 2. The van der Waals surface area contributed by atoms with Gasteiger partial charge in [0, 0.05) is 44.6 Å². The highest BCUT2D eigenvalue weighted by Gasteiger charge is 2.33. The summed E-state index contributed by atoms with van der Waals surface area (Å²) in [6.07, 6.45) is 14.7. The first-order chi connectivity index (χ1) is 14.2. The third-order valence-corrected chi connectivity index (χ3v) is 7.37. The lowest BCUT2D eigenvalue weighted by Gasteiger charge is -2.42. The number of carbonyl (C=O) groups is 2. The molecular weight excluding hydrogens is 362 g/mol. The molecule has 0 atom stereocenters. The predicted molar refractivity (Wildman–Crippen MR) is 118 cm³/mol. The van der Waals surface area contributed by atoms with Crippen molar-refractivity contribution in [3.63, 3.8) is 0 Å². The lowest BCUT2D eigenvalue weighted by Crippen LogP contribution is -2.50. The van der Waals surface area contributed by atoms with Crippen molar-refractivity contribution in [2.45, 2.75) is 96.4 Å². The topological polar surface area (TPSA) is 43.9 Å². The van der Waals surface area contributed by atoms with Crippen LogP contribution in [-0.2, 0) is 9.59 Å². The van der Waals surface area contributed by atoms with Crippen LogP contribution in [0.4, 0.5) is 0 Å². The second-order valence-electron chi connectivity index (χ2n) is 9.47. The van der Waals surface area contributed by atoms with Crippen LogP contribution >= 0.6 is 0 Å². The van der Waals surface area contributed by atoms with E-state index in [-0.39, 0.29) is 5.92 Å². The van der Waals surface area contributed by atoms with E-state index >= 15 is 0 Å². The number of likely N-dealkylation sites (tertiary alicyclic amines) is 3. The molecule has 29 heavy (non-hydrogen) atoms. The van der Waals surface area contributed by atoms with E-state index in [4.69, 9.17) is 0 Å². The maximum Gasteiger partial charge on any atom is 0.225 e. The third-order valence-electron chi connectivity index (χ3n) is 7.37. The summed E-state index contributed by atoms with van der Waals surface area (Å²) in [6.45, 7) is 8.13. The largest absolute Gasteiger partial charge is 0.343 e. The maximum absolute atomic E-state index is 12.8. The van der Waals surface area contributed by atoms with Gasteiger partial charge in [-0.1, -0.05) is 32.6 Å². The van der Waals surface area contributed by atoms with E-state index in [0.717, 1.165) is 77.8 Å². The molecule has 0 aromatic rings. The summed E-state index contributed by atoms with van der Waals surface area (Å²) < 4.78 is 0. The number of piperidine rings is 3. The molecule has 0 spiro atoms. The molecule has 5 heteroatoms. The Bertz CT molecular complexity index is 502. The Morgan fingerprint density at radius 3 is 2.03 bits per heavy atom. The average Bonchev–Trinajstić information content (AvgIpc) is 2.79. The molecule has 0 N–H and O–H groups in total. The van der Waals surface area contributed by atoms with Gasteiger partial charge in [-0.05, 0) is 64.5 Å². The van der Waals surface area contributed by atoms with Crippen LogP contribution in [0.3, 0.4) is 0 Å². The van der Waals surface area contributed by atoms with Gasteiger partial charge in [-0.2, -0.15) is 0 Å². The molecule has 0 aromatic carbocycles. The zero-order chi connectivity index (χ0) is 20.5. The van der Waals surface area contributed by atoms with Gasteiger partial charge in [0.1, 0.15) is 0 Å². The van der Waals surface area contributed by atoms with Gasteiger partial charge < -0.3 is 14.7 Å². The number of amides is 2. The fraction of sp³-hybridized carbons (Fsp3) is 0.917. The smallest absolute Gasteiger partial charge is 0.225 e. The van der Waals surface area contributed by atoms with Gasteiger partial charge in [0.15, 0.2) is 0 Å². The van der Waals surface area contributed by atoms with Crippen molar-refractivity contribution in [2.75, 3.05) is 39.3 Å². The molecule has 0 bridgehead atoms. The highest BCUT2D eigenvalue weighted by molar-refractivity contribution is 5.79. The van der Waals surface area contributed by atoms with Crippen LogP contribution in [0.25, 0.3) is 0 Å². The second-order valence-corrected chi connectivity index (χ2v) is 9.47. The molecule has 166 valence electrons. The van der Waals surface area contributed by atoms with E-state index in [1.807, 2.05) is 0 Å². The molecule has 3 fully saturated rings. The van der Waals surface area contributed by atoms with Crippen LogP contribution in [0.15, 0.2) is 0 Å². The second kappa shape index (κ2) is 11.9. The maximum atomic E-state index is 12.8. The molecule has 0 radical (unpaired) electrons. The molecule has 0 aromatic heterocycles. The Morgan fingerprint density at radius 1 is 0.724 bits per heavy atom. The van der Waals surface area contributed by atoms with Gasteiger partial charge in [-0.15, -0.1) is 0 Å². The van der Waals surface area contributed by atoms with Crippen LogP contribution in [0.5, 0.6) is 0 Å². The van der Waals surface area contributed by atoms with Crippen molar-refractivity contribution in [3.8, 4) is 0 Å². The van der Waals surface area contributed by atoms with Crippen LogP contribution in [0.1, 0.15) is 90.4 Å². The first-order valence-corrected chi connectivity index (χ1v) is 12.5. The molecule has 0 unspecified atom stereocenters. The van der Waals surface area contributed by atoms with E-state index in [0.29, 0.717) is 17.9 Å². The predicted octanol–water partition coefficient (Wildman–Crippen LogP) is 4.06. The molecule has 3 aliphatic rings. The fourth-order valence-corrected chi connectivity index (χ4v) is 5.40. The minimum absolute atomic E-state index is 0.249. The van der Waals surface area contributed by atoms with Gasteiger partial charge in [-0.25, -0.2) is 0 Å². The number of hydrogen-bond acceptors (Lipinski definition) is 3. The summed E-state index contributed by atoms with van der Waals surface area (Å²) in [7, 11) is 0. The van der Waals surface area contributed by atoms with E-state index in [2.05, 4.69) is 21.6 Å². The van der Waals surface area contributed by atoms with E-state index < -0.39 is 0 Å².